The lowest BCUT2D eigenvalue weighted by Gasteiger charge is -2.21. The third-order valence-electron chi connectivity index (χ3n) is 3.31. The van der Waals surface area contributed by atoms with Gasteiger partial charge < -0.3 is 4.42 Å². The predicted molar refractivity (Wildman–Crippen MR) is 79.0 cm³/mol. The Balaban J connectivity index is 1.90. The van der Waals surface area contributed by atoms with Crippen LogP contribution in [0.25, 0.3) is 11.6 Å². The zero-order valence-corrected chi connectivity index (χ0v) is 13.2. The minimum atomic E-state index is -0.164. The molecule has 0 radical (unpaired) electrons. The van der Waals surface area contributed by atoms with Gasteiger partial charge in [0.05, 0.1) is 18.3 Å². The highest BCUT2D eigenvalue weighted by Crippen LogP contribution is 2.21. The topological polar surface area (TPSA) is 87.4 Å². The van der Waals surface area contributed by atoms with Crippen LogP contribution in [0.1, 0.15) is 32.4 Å². The zero-order valence-electron chi connectivity index (χ0n) is 13.2. The van der Waals surface area contributed by atoms with Gasteiger partial charge in [0.25, 0.3) is 0 Å². The van der Waals surface area contributed by atoms with Gasteiger partial charge in [-0.05, 0) is 50.3 Å². The predicted octanol–water partition coefficient (Wildman–Crippen LogP) is 1.83. The molecule has 116 valence electrons. The van der Waals surface area contributed by atoms with Crippen molar-refractivity contribution in [1.82, 2.24) is 35.0 Å². The smallest absolute Gasteiger partial charge is 0.217 e. The summed E-state index contributed by atoms with van der Waals surface area (Å²) in [6, 6.07) is 3.69. The van der Waals surface area contributed by atoms with E-state index in [2.05, 4.69) is 46.4 Å². The molecule has 0 N–H and O–H groups in total. The molecule has 0 saturated heterocycles. The maximum Gasteiger partial charge on any atom is 0.217 e. The molecule has 22 heavy (non-hydrogen) atoms. The van der Waals surface area contributed by atoms with E-state index in [0.29, 0.717) is 24.6 Å². The van der Waals surface area contributed by atoms with Gasteiger partial charge in [-0.3, -0.25) is 0 Å². The van der Waals surface area contributed by atoms with Crippen LogP contribution in [0, 0.1) is 6.92 Å². The van der Waals surface area contributed by atoms with E-state index in [1.165, 1.54) is 0 Å². The number of rotatable bonds is 4. The molecule has 3 heterocycles. The normalized spacial score (nSPS) is 12.0. The SMILES string of the molecule is Cc1nnnn1CCc1nc(-c2ccco2)nn1C(C)(C)C. The summed E-state index contributed by atoms with van der Waals surface area (Å²) in [4.78, 5) is 4.62. The highest BCUT2D eigenvalue weighted by Gasteiger charge is 2.22. The molecular formula is C14H19N7O. The fourth-order valence-electron chi connectivity index (χ4n) is 2.22. The summed E-state index contributed by atoms with van der Waals surface area (Å²) >= 11 is 0. The lowest BCUT2D eigenvalue weighted by Crippen LogP contribution is -2.26. The standard InChI is InChI=1S/C14H19N7O/c1-10-16-18-19-20(10)8-7-12-15-13(11-6-5-9-22-11)17-21(12)14(2,3)4/h5-6,9H,7-8H2,1-4H3. The molecular weight excluding hydrogens is 282 g/mol. The summed E-state index contributed by atoms with van der Waals surface area (Å²) in [5.74, 6) is 2.94. The summed E-state index contributed by atoms with van der Waals surface area (Å²) in [7, 11) is 0. The number of furan rings is 1. The first-order valence-corrected chi connectivity index (χ1v) is 7.18. The number of aromatic nitrogens is 7. The molecule has 3 aromatic heterocycles. The molecule has 0 atom stereocenters. The Kier molecular flexibility index (Phi) is 3.51. The number of aryl methyl sites for hydroxylation is 3. The Labute approximate surface area is 128 Å². The van der Waals surface area contributed by atoms with E-state index in [1.54, 1.807) is 10.9 Å². The Morgan fingerprint density at radius 2 is 2.09 bits per heavy atom. The van der Waals surface area contributed by atoms with Gasteiger partial charge >= 0.3 is 0 Å². The maximum absolute atomic E-state index is 5.39. The molecule has 0 bridgehead atoms. The van der Waals surface area contributed by atoms with Crippen molar-refractivity contribution in [1.29, 1.82) is 0 Å². The van der Waals surface area contributed by atoms with Crippen molar-refractivity contribution in [2.75, 3.05) is 0 Å². The van der Waals surface area contributed by atoms with Crippen LogP contribution in [0.2, 0.25) is 0 Å². The molecule has 0 unspecified atom stereocenters. The lowest BCUT2D eigenvalue weighted by molar-refractivity contribution is 0.338. The van der Waals surface area contributed by atoms with Crippen LogP contribution in [0.4, 0.5) is 0 Å². The van der Waals surface area contributed by atoms with Crippen LogP contribution in [0.15, 0.2) is 22.8 Å². The average Bonchev–Trinajstić information content (AvgIpc) is 3.15. The summed E-state index contributed by atoms with van der Waals surface area (Å²) < 4.78 is 9.09. The second-order valence-electron chi connectivity index (χ2n) is 6.11. The fraction of sp³-hybridized carbons (Fsp3) is 0.500. The molecule has 0 aromatic carbocycles. The van der Waals surface area contributed by atoms with Crippen LogP contribution in [-0.2, 0) is 18.5 Å². The van der Waals surface area contributed by atoms with E-state index >= 15 is 0 Å². The Morgan fingerprint density at radius 1 is 1.27 bits per heavy atom. The Hall–Kier alpha value is -2.51. The van der Waals surface area contributed by atoms with E-state index in [4.69, 9.17) is 4.42 Å². The van der Waals surface area contributed by atoms with Crippen molar-refractivity contribution in [3.05, 3.63) is 30.0 Å². The molecule has 8 nitrogen and oxygen atoms in total. The minimum absolute atomic E-state index is 0.164. The molecule has 0 amide bonds. The third-order valence-corrected chi connectivity index (χ3v) is 3.31. The van der Waals surface area contributed by atoms with Crippen molar-refractivity contribution in [2.24, 2.45) is 0 Å². The zero-order chi connectivity index (χ0) is 15.7. The van der Waals surface area contributed by atoms with Gasteiger partial charge in [-0.1, -0.05) is 0 Å². The summed E-state index contributed by atoms with van der Waals surface area (Å²) in [5.41, 5.74) is -0.164. The first-order chi connectivity index (χ1) is 10.4. The first-order valence-electron chi connectivity index (χ1n) is 7.18. The summed E-state index contributed by atoms with van der Waals surface area (Å²) in [6.45, 7) is 8.83. The largest absolute Gasteiger partial charge is 0.461 e. The summed E-state index contributed by atoms with van der Waals surface area (Å²) in [5, 5.41) is 16.1. The average molecular weight is 301 g/mol. The van der Waals surface area contributed by atoms with E-state index in [-0.39, 0.29) is 5.54 Å². The number of nitrogens with zero attached hydrogens (tertiary/aromatic N) is 7. The van der Waals surface area contributed by atoms with Crippen LogP contribution < -0.4 is 0 Å². The number of tetrazole rings is 1. The fourth-order valence-corrected chi connectivity index (χ4v) is 2.22. The van der Waals surface area contributed by atoms with E-state index in [0.717, 1.165) is 11.6 Å². The van der Waals surface area contributed by atoms with Crippen LogP contribution in [0.5, 0.6) is 0 Å². The summed E-state index contributed by atoms with van der Waals surface area (Å²) in [6.07, 6.45) is 2.31. The van der Waals surface area contributed by atoms with Gasteiger partial charge in [0.1, 0.15) is 11.6 Å². The molecule has 0 fully saturated rings. The van der Waals surface area contributed by atoms with Crippen molar-refractivity contribution < 1.29 is 4.42 Å². The molecule has 0 aliphatic carbocycles. The van der Waals surface area contributed by atoms with Crippen molar-refractivity contribution in [3.8, 4) is 11.6 Å². The molecule has 8 heteroatoms. The second kappa shape index (κ2) is 5.36. The number of hydrogen-bond donors (Lipinski definition) is 0. The molecule has 3 rings (SSSR count). The highest BCUT2D eigenvalue weighted by atomic mass is 16.3. The van der Waals surface area contributed by atoms with Crippen molar-refractivity contribution in [3.63, 3.8) is 0 Å². The van der Waals surface area contributed by atoms with Crippen molar-refractivity contribution >= 4 is 0 Å². The monoisotopic (exact) mass is 301 g/mol. The van der Waals surface area contributed by atoms with Crippen LogP contribution in [0.3, 0.4) is 0 Å². The van der Waals surface area contributed by atoms with Crippen molar-refractivity contribution in [2.45, 2.75) is 46.2 Å². The second-order valence-corrected chi connectivity index (χ2v) is 6.11. The van der Waals surface area contributed by atoms with Gasteiger partial charge in [0, 0.05) is 6.42 Å². The maximum atomic E-state index is 5.39. The van der Waals surface area contributed by atoms with Crippen LogP contribution in [-0.4, -0.2) is 35.0 Å². The van der Waals surface area contributed by atoms with Gasteiger partial charge in [0.15, 0.2) is 5.76 Å². The first kappa shape index (κ1) is 14.4. The highest BCUT2D eigenvalue weighted by molar-refractivity contribution is 5.45. The molecule has 0 spiro atoms. The van der Waals surface area contributed by atoms with Gasteiger partial charge in [-0.25, -0.2) is 14.3 Å². The van der Waals surface area contributed by atoms with Gasteiger partial charge in [-0.15, -0.1) is 10.2 Å². The quantitative estimate of drug-likeness (QED) is 0.730. The lowest BCUT2D eigenvalue weighted by atomic mass is 10.1. The number of hydrogen-bond acceptors (Lipinski definition) is 6. The Morgan fingerprint density at radius 3 is 2.68 bits per heavy atom. The molecule has 0 aliphatic rings. The van der Waals surface area contributed by atoms with E-state index in [9.17, 15) is 0 Å². The molecule has 0 aliphatic heterocycles. The van der Waals surface area contributed by atoms with Gasteiger partial charge in [0.2, 0.25) is 5.82 Å². The van der Waals surface area contributed by atoms with Gasteiger partial charge in [-0.2, -0.15) is 0 Å². The molecule has 0 saturated carbocycles. The Bertz CT molecular complexity index is 749. The molecule has 3 aromatic rings. The van der Waals surface area contributed by atoms with E-state index in [1.807, 2.05) is 23.7 Å². The van der Waals surface area contributed by atoms with E-state index < -0.39 is 0 Å². The van der Waals surface area contributed by atoms with Crippen LogP contribution >= 0.6 is 0 Å². The third kappa shape index (κ3) is 2.76. The minimum Gasteiger partial charge on any atom is -0.461 e.